The second-order valence-electron chi connectivity index (χ2n) is 2.15. The Morgan fingerprint density at radius 2 is 1.80 bits per heavy atom. The van der Waals surface area contributed by atoms with E-state index in [-0.39, 0.29) is 18.1 Å². The van der Waals surface area contributed by atoms with Gasteiger partial charge in [-0.05, 0) is 6.92 Å². The number of rotatable bonds is 4. The predicted molar refractivity (Wildman–Crippen MR) is 33.6 cm³/mol. The molecule has 0 atom stereocenters. The molecule has 62 valence electrons. The molecular formula is C6H12F3N. The molecule has 0 radical (unpaired) electrons. The number of hydrogen-bond acceptors (Lipinski definition) is 1. The van der Waals surface area contributed by atoms with Gasteiger partial charge in [0, 0.05) is 13.0 Å². The van der Waals surface area contributed by atoms with Crippen molar-refractivity contribution in [3.05, 3.63) is 0 Å². The van der Waals surface area contributed by atoms with Gasteiger partial charge in [0.25, 0.3) is 5.92 Å². The summed E-state index contributed by atoms with van der Waals surface area (Å²) in [5.41, 5.74) is 0. The molecule has 4 heteroatoms. The minimum absolute atomic E-state index is 0.00951. The molecule has 0 amide bonds. The van der Waals surface area contributed by atoms with Crippen molar-refractivity contribution in [3.8, 4) is 0 Å². The second kappa shape index (κ2) is 3.81. The van der Waals surface area contributed by atoms with Crippen LogP contribution in [0.2, 0.25) is 0 Å². The molecule has 0 aliphatic carbocycles. The van der Waals surface area contributed by atoms with Gasteiger partial charge in [-0.15, -0.1) is 9.60 Å². The second-order valence-corrected chi connectivity index (χ2v) is 2.15. The molecule has 0 unspecified atom stereocenters. The minimum atomic E-state index is -2.88. The predicted octanol–water partition coefficient (Wildman–Crippen LogP) is 2.24. The summed E-state index contributed by atoms with van der Waals surface area (Å²) in [6.07, 6.45) is -0.312. The number of halogens is 3. The van der Waals surface area contributed by atoms with Gasteiger partial charge in [0.1, 0.15) is 0 Å². The highest BCUT2D eigenvalue weighted by molar-refractivity contribution is 4.65. The molecule has 0 heterocycles. The van der Waals surface area contributed by atoms with Crippen LogP contribution in [0.5, 0.6) is 0 Å². The average molecular weight is 155 g/mol. The first-order chi connectivity index (χ1) is 4.52. The molecule has 0 saturated carbocycles. The zero-order valence-electron chi connectivity index (χ0n) is 6.20. The summed E-state index contributed by atoms with van der Waals surface area (Å²) < 4.78 is 36.8. The van der Waals surface area contributed by atoms with Gasteiger partial charge in [0.15, 0.2) is 0 Å². The van der Waals surface area contributed by atoms with Gasteiger partial charge in [-0.2, -0.15) is 0 Å². The lowest BCUT2D eigenvalue weighted by molar-refractivity contribution is -0.0927. The first-order valence-electron chi connectivity index (χ1n) is 3.30. The van der Waals surface area contributed by atoms with E-state index in [0.717, 1.165) is 0 Å². The lowest BCUT2D eigenvalue weighted by Gasteiger charge is -2.17. The summed E-state index contributed by atoms with van der Waals surface area (Å²) >= 11 is 0. The highest BCUT2D eigenvalue weighted by Crippen LogP contribution is 2.18. The Kier molecular flexibility index (Phi) is 3.71. The van der Waals surface area contributed by atoms with Crippen LogP contribution in [-0.2, 0) is 0 Å². The van der Waals surface area contributed by atoms with E-state index < -0.39 is 12.5 Å². The largest absolute Gasteiger partial charge is 0.262 e. The Hall–Kier alpha value is -0.250. The molecule has 0 N–H and O–H groups in total. The molecule has 0 rings (SSSR count). The van der Waals surface area contributed by atoms with Crippen molar-refractivity contribution in [2.75, 3.05) is 13.1 Å². The van der Waals surface area contributed by atoms with Crippen molar-refractivity contribution in [2.45, 2.75) is 26.2 Å². The van der Waals surface area contributed by atoms with E-state index in [2.05, 4.69) is 0 Å². The van der Waals surface area contributed by atoms with Crippen LogP contribution in [0.25, 0.3) is 0 Å². The fourth-order valence-corrected chi connectivity index (χ4v) is 0.475. The summed E-state index contributed by atoms with van der Waals surface area (Å²) in [6, 6.07) is 0. The van der Waals surface area contributed by atoms with E-state index in [9.17, 15) is 13.3 Å². The van der Waals surface area contributed by atoms with Gasteiger partial charge >= 0.3 is 0 Å². The maximum Gasteiger partial charge on any atom is 0.262 e. The van der Waals surface area contributed by atoms with Crippen molar-refractivity contribution in [1.29, 1.82) is 0 Å². The molecule has 1 nitrogen and oxygen atoms in total. The number of hydrogen-bond donors (Lipinski definition) is 0. The van der Waals surface area contributed by atoms with Gasteiger partial charge in [0.05, 0.1) is 6.54 Å². The quantitative estimate of drug-likeness (QED) is 0.563. The lowest BCUT2D eigenvalue weighted by Crippen LogP contribution is -2.31. The Balaban J connectivity index is 3.64. The van der Waals surface area contributed by atoms with Crippen molar-refractivity contribution < 1.29 is 13.3 Å². The van der Waals surface area contributed by atoms with E-state index in [1.54, 1.807) is 0 Å². The third kappa shape index (κ3) is 3.71. The molecule has 0 aliphatic rings. The molecule has 0 saturated heterocycles. The van der Waals surface area contributed by atoms with E-state index >= 15 is 0 Å². The first-order valence-corrected chi connectivity index (χ1v) is 3.30. The summed E-state index contributed by atoms with van der Waals surface area (Å²) in [5, 5.41) is 0.115. The van der Waals surface area contributed by atoms with Gasteiger partial charge in [-0.1, -0.05) is 6.92 Å². The molecule has 0 aliphatic heterocycles. The normalized spacial score (nSPS) is 12.6. The highest BCUT2D eigenvalue weighted by atomic mass is 19.3. The van der Waals surface area contributed by atoms with Gasteiger partial charge < -0.3 is 0 Å². The van der Waals surface area contributed by atoms with Gasteiger partial charge in [-0.3, -0.25) is 0 Å². The molecule has 0 aromatic heterocycles. The number of nitrogens with zero attached hydrogens (tertiary/aromatic N) is 1. The third-order valence-electron chi connectivity index (χ3n) is 1.26. The SMILES string of the molecule is CCN(F)CC(F)(F)CC. The number of alkyl halides is 2. The maximum atomic E-state index is 12.3. The van der Waals surface area contributed by atoms with E-state index in [0.29, 0.717) is 0 Å². The highest BCUT2D eigenvalue weighted by Gasteiger charge is 2.28. The van der Waals surface area contributed by atoms with Crippen LogP contribution in [0.15, 0.2) is 0 Å². The molecule has 0 fully saturated rings. The maximum absolute atomic E-state index is 12.3. The van der Waals surface area contributed by atoms with Crippen molar-refractivity contribution >= 4 is 0 Å². The molecule has 10 heavy (non-hydrogen) atoms. The first kappa shape index (κ1) is 9.75. The molecule has 0 aromatic rings. The van der Waals surface area contributed by atoms with Gasteiger partial charge in [-0.25, -0.2) is 8.78 Å². The molecule has 0 spiro atoms. The summed E-state index contributed by atoms with van der Waals surface area (Å²) in [7, 11) is 0. The van der Waals surface area contributed by atoms with E-state index in [1.807, 2.05) is 0 Å². The van der Waals surface area contributed by atoms with Crippen LogP contribution in [-0.4, -0.2) is 24.1 Å². The Morgan fingerprint density at radius 3 is 2.10 bits per heavy atom. The monoisotopic (exact) mass is 155 g/mol. The van der Waals surface area contributed by atoms with Crippen molar-refractivity contribution in [2.24, 2.45) is 0 Å². The molecule has 0 aromatic carbocycles. The minimum Gasteiger partial charge on any atom is -0.205 e. The molecular weight excluding hydrogens is 143 g/mol. The Labute approximate surface area is 58.8 Å². The van der Waals surface area contributed by atoms with Gasteiger partial charge in [0.2, 0.25) is 0 Å². The summed E-state index contributed by atoms with van der Waals surface area (Å²) in [6.45, 7) is 2.05. The smallest absolute Gasteiger partial charge is 0.205 e. The Morgan fingerprint density at radius 1 is 1.30 bits per heavy atom. The van der Waals surface area contributed by atoms with Crippen LogP contribution in [0, 0.1) is 0 Å². The van der Waals surface area contributed by atoms with Crippen molar-refractivity contribution in [3.63, 3.8) is 0 Å². The molecule has 0 bridgehead atoms. The zero-order valence-corrected chi connectivity index (χ0v) is 6.20. The van der Waals surface area contributed by atoms with Crippen molar-refractivity contribution in [1.82, 2.24) is 5.12 Å². The average Bonchev–Trinajstić information content (AvgIpc) is 1.87. The van der Waals surface area contributed by atoms with Crippen LogP contribution >= 0.6 is 0 Å². The van der Waals surface area contributed by atoms with Crippen LogP contribution in [0.4, 0.5) is 13.3 Å². The van der Waals surface area contributed by atoms with Crippen LogP contribution in [0.1, 0.15) is 20.3 Å². The fraction of sp³-hybridized carbons (Fsp3) is 1.00. The zero-order chi connectivity index (χ0) is 8.20. The summed E-state index contributed by atoms with van der Waals surface area (Å²) in [5.74, 6) is -2.88. The topological polar surface area (TPSA) is 3.24 Å². The summed E-state index contributed by atoms with van der Waals surface area (Å²) in [4.78, 5) is 0. The fourth-order valence-electron chi connectivity index (χ4n) is 0.475. The van der Waals surface area contributed by atoms with Crippen LogP contribution < -0.4 is 0 Å². The van der Waals surface area contributed by atoms with Crippen LogP contribution in [0.3, 0.4) is 0 Å². The van der Waals surface area contributed by atoms with E-state index in [4.69, 9.17) is 0 Å². The van der Waals surface area contributed by atoms with E-state index in [1.165, 1.54) is 13.8 Å². The standard InChI is InChI=1S/C6H12F3N/c1-3-6(7,8)5-10(9)4-2/h3-5H2,1-2H3. The lowest BCUT2D eigenvalue weighted by atomic mass is 10.2. The Bertz CT molecular complexity index is 95.0. The third-order valence-corrected chi connectivity index (χ3v) is 1.26.